The molecule has 7 heteroatoms. The van der Waals surface area contributed by atoms with Crippen molar-refractivity contribution in [2.75, 3.05) is 37.9 Å². The summed E-state index contributed by atoms with van der Waals surface area (Å²) in [5.74, 6) is -0.278. The van der Waals surface area contributed by atoms with Crippen molar-refractivity contribution < 1.29 is 14.3 Å². The minimum atomic E-state index is -0.465. The number of urea groups is 1. The predicted octanol–water partition coefficient (Wildman–Crippen LogP) is 0.153. The van der Waals surface area contributed by atoms with Crippen molar-refractivity contribution in [1.29, 1.82) is 0 Å². The van der Waals surface area contributed by atoms with Gasteiger partial charge in [-0.1, -0.05) is 6.07 Å². The third-order valence-electron chi connectivity index (χ3n) is 2.18. The van der Waals surface area contributed by atoms with E-state index in [1.54, 1.807) is 31.4 Å². The highest BCUT2D eigenvalue weighted by Crippen LogP contribution is 2.11. The molecule has 0 saturated heterocycles. The number of nitrogen functional groups attached to an aromatic ring is 1. The lowest BCUT2D eigenvalue weighted by Crippen LogP contribution is -2.39. The van der Waals surface area contributed by atoms with Crippen LogP contribution in [-0.4, -0.2) is 38.7 Å². The Balaban J connectivity index is 2.26. The highest BCUT2D eigenvalue weighted by Gasteiger charge is 2.05. The van der Waals surface area contributed by atoms with E-state index in [4.69, 9.17) is 10.5 Å². The van der Waals surface area contributed by atoms with E-state index in [0.717, 1.165) is 0 Å². The van der Waals surface area contributed by atoms with Gasteiger partial charge in [-0.15, -0.1) is 0 Å². The summed E-state index contributed by atoms with van der Waals surface area (Å²) in [7, 11) is 1.55. The predicted molar refractivity (Wildman–Crippen MR) is 72.8 cm³/mol. The third-order valence-corrected chi connectivity index (χ3v) is 2.18. The maximum absolute atomic E-state index is 11.5. The summed E-state index contributed by atoms with van der Waals surface area (Å²) in [6, 6.07) is 6.30. The molecule has 7 nitrogen and oxygen atoms in total. The molecule has 3 amide bonds. The van der Waals surface area contributed by atoms with Crippen LogP contribution in [0.2, 0.25) is 0 Å². The molecule has 0 bridgehead atoms. The molecule has 0 radical (unpaired) electrons. The molecular formula is C12H18N4O3. The van der Waals surface area contributed by atoms with Crippen molar-refractivity contribution >= 4 is 23.3 Å². The highest BCUT2D eigenvalue weighted by molar-refractivity contribution is 5.92. The molecule has 0 aromatic heterocycles. The number of nitrogens with one attached hydrogen (secondary N) is 3. The number of carbonyl (C=O) groups excluding carboxylic acids is 2. The Morgan fingerprint density at radius 2 is 2.11 bits per heavy atom. The van der Waals surface area contributed by atoms with Gasteiger partial charge in [0.2, 0.25) is 5.91 Å². The van der Waals surface area contributed by atoms with Gasteiger partial charge in [-0.2, -0.15) is 0 Å². The molecule has 1 rings (SSSR count). The second-order valence-corrected chi connectivity index (χ2v) is 3.78. The zero-order valence-corrected chi connectivity index (χ0v) is 10.7. The van der Waals surface area contributed by atoms with Crippen LogP contribution in [-0.2, 0) is 9.53 Å². The van der Waals surface area contributed by atoms with Crippen molar-refractivity contribution in [2.45, 2.75) is 0 Å². The van der Waals surface area contributed by atoms with Gasteiger partial charge in [0.05, 0.1) is 13.2 Å². The third kappa shape index (κ3) is 6.27. The monoisotopic (exact) mass is 266 g/mol. The van der Waals surface area contributed by atoms with Crippen LogP contribution < -0.4 is 21.7 Å². The summed E-state index contributed by atoms with van der Waals surface area (Å²) in [5.41, 5.74) is 6.69. The molecular weight excluding hydrogens is 248 g/mol. The van der Waals surface area contributed by atoms with Crippen LogP contribution in [0.1, 0.15) is 0 Å². The maximum atomic E-state index is 11.5. The second kappa shape index (κ2) is 7.93. The molecule has 0 saturated carbocycles. The van der Waals surface area contributed by atoms with Gasteiger partial charge in [0, 0.05) is 25.0 Å². The lowest BCUT2D eigenvalue weighted by atomic mass is 10.3. The molecule has 0 aliphatic rings. The number of hydrogen-bond acceptors (Lipinski definition) is 4. The minimum Gasteiger partial charge on any atom is -0.399 e. The lowest BCUT2D eigenvalue weighted by molar-refractivity contribution is -0.120. The number of hydrogen-bond donors (Lipinski definition) is 4. The molecule has 0 fully saturated rings. The Hall–Kier alpha value is -2.28. The fourth-order valence-electron chi connectivity index (χ4n) is 1.31. The fourth-order valence-corrected chi connectivity index (χ4v) is 1.31. The van der Waals surface area contributed by atoms with Gasteiger partial charge >= 0.3 is 6.03 Å². The van der Waals surface area contributed by atoms with E-state index >= 15 is 0 Å². The van der Waals surface area contributed by atoms with Gasteiger partial charge in [-0.25, -0.2) is 4.79 Å². The van der Waals surface area contributed by atoms with Crippen LogP contribution in [0.5, 0.6) is 0 Å². The Morgan fingerprint density at radius 3 is 2.79 bits per heavy atom. The molecule has 5 N–H and O–H groups in total. The van der Waals surface area contributed by atoms with E-state index < -0.39 is 6.03 Å². The summed E-state index contributed by atoms with van der Waals surface area (Å²) in [6.07, 6.45) is 0. The normalized spacial score (nSPS) is 9.74. The molecule has 19 heavy (non-hydrogen) atoms. The van der Waals surface area contributed by atoms with Crippen LogP contribution in [0.15, 0.2) is 24.3 Å². The Kier molecular flexibility index (Phi) is 6.17. The van der Waals surface area contributed by atoms with Crippen molar-refractivity contribution in [3.63, 3.8) is 0 Å². The molecule has 0 unspecified atom stereocenters. The van der Waals surface area contributed by atoms with Gasteiger partial charge in [-0.3, -0.25) is 4.79 Å². The average molecular weight is 266 g/mol. The number of rotatable bonds is 6. The van der Waals surface area contributed by atoms with Crippen LogP contribution >= 0.6 is 0 Å². The van der Waals surface area contributed by atoms with E-state index in [-0.39, 0.29) is 12.5 Å². The minimum absolute atomic E-state index is 0.0993. The van der Waals surface area contributed by atoms with E-state index in [1.165, 1.54) is 0 Å². The molecule has 0 aliphatic heterocycles. The molecule has 0 heterocycles. The fraction of sp³-hybridized carbons (Fsp3) is 0.333. The number of methoxy groups -OCH3 is 1. The maximum Gasteiger partial charge on any atom is 0.319 e. The molecule has 1 aromatic carbocycles. The molecule has 0 spiro atoms. The first kappa shape index (κ1) is 14.8. The standard InChI is InChI=1S/C12H18N4O3/c1-19-6-5-14-11(17)8-15-12(18)16-10-4-2-3-9(13)7-10/h2-4,7H,5-6,8,13H2,1H3,(H,14,17)(H2,15,16,18). The van der Waals surface area contributed by atoms with E-state index in [0.29, 0.717) is 24.5 Å². The summed E-state index contributed by atoms with van der Waals surface area (Å²) >= 11 is 0. The average Bonchev–Trinajstić information content (AvgIpc) is 2.37. The first-order valence-corrected chi connectivity index (χ1v) is 5.78. The zero-order valence-electron chi connectivity index (χ0n) is 10.7. The second-order valence-electron chi connectivity index (χ2n) is 3.78. The number of anilines is 2. The first-order chi connectivity index (χ1) is 9.11. The first-order valence-electron chi connectivity index (χ1n) is 5.78. The number of nitrogens with two attached hydrogens (primary N) is 1. The largest absolute Gasteiger partial charge is 0.399 e. The molecule has 1 aromatic rings. The SMILES string of the molecule is COCCNC(=O)CNC(=O)Nc1cccc(N)c1. The summed E-state index contributed by atoms with van der Waals surface area (Å²) < 4.78 is 4.78. The Morgan fingerprint density at radius 1 is 1.32 bits per heavy atom. The van der Waals surface area contributed by atoms with Crippen molar-refractivity contribution in [3.8, 4) is 0 Å². The van der Waals surface area contributed by atoms with Crippen LogP contribution in [0.25, 0.3) is 0 Å². The van der Waals surface area contributed by atoms with Crippen molar-refractivity contribution in [1.82, 2.24) is 10.6 Å². The molecule has 104 valence electrons. The van der Waals surface area contributed by atoms with Gasteiger partial charge in [-0.05, 0) is 18.2 Å². The number of carbonyl (C=O) groups is 2. The summed E-state index contributed by atoms with van der Waals surface area (Å²) in [5, 5.41) is 7.59. The lowest BCUT2D eigenvalue weighted by Gasteiger charge is -2.08. The van der Waals surface area contributed by atoms with Gasteiger partial charge < -0.3 is 26.4 Å². The zero-order chi connectivity index (χ0) is 14.1. The van der Waals surface area contributed by atoms with E-state index in [9.17, 15) is 9.59 Å². The van der Waals surface area contributed by atoms with Gasteiger partial charge in [0.25, 0.3) is 0 Å². The van der Waals surface area contributed by atoms with E-state index in [1.807, 2.05) is 0 Å². The number of ether oxygens (including phenoxy) is 1. The van der Waals surface area contributed by atoms with Gasteiger partial charge in [0.1, 0.15) is 0 Å². The van der Waals surface area contributed by atoms with E-state index in [2.05, 4.69) is 16.0 Å². The quantitative estimate of drug-likeness (QED) is 0.434. The summed E-state index contributed by atoms with van der Waals surface area (Å²) in [4.78, 5) is 22.8. The molecule has 0 atom stereocenters. The molecule has 0 aliphatic carbocycles. The Labute approximate surface area is 111 Å². The Bertz CT molecular complexity index is 437. The van der Waals surface area contributed by atoms with Gasteiger partial charge in [0.15, 0.2) is 0 Å². The number of benzene rings is 1. The van der Waals surface area contributed by atoms with Crippen LogP contribution in [0, 0.1) is 0 Å². The van der Waals surface area contributed by atoms with Crippen molar-refractivity contribution in [2.24, 2.45) is 0 Å². The number of amides is 3. The smallest absolute Gasteiger partial charge is 0.319 e. The van der Waals surface area contributed by atoms with Crippen LogP contribution in [0.3, 0.4) is 0 Å². The summed E-state index contributed by atoms with van der Waals surface area (Å²) in [6.45, 7) is 0.743. The topological polar surface area (TPSA) is 105 Å². The highest BCUT2D eigenvalue weighted by atomic mass is 16.5. The van der Waals surface area contributed by atoms with Crippen LogP contribution in [0.4, 0.5) is 16.2 Å². The van der Waals surface area contributed by atoms with Crippen molar-refractivity contribution in [3.05, 3.63) is 24.3 Å².